The molecule has 114 valence electrons. The smallest absolute Gasteiger partial charge is 0.315 e. The molecule has 0 aliphatic carbocycles. The minimum absolute atomic E-state index is 0.297. The van der Waals surface area contributed by atoms with Gasteiger partial charge in [0.1, 0.15) is 17.6 Å². The number of carbonyl (C=O) groups is 2. The Morgan fingerprint density at radius 2 is 1.27 bits per heavy atom. The summed E-state index contributed by atoms with van der Waals surface area (Å²) in [4.78, 5) is 24.6. The molecule has 0 saturated heterocycles. The molecule has 0 heterocycles. The van der Waals surface area contributed by atoms with E-state index in [-0.39, 0.29) is 0 Å². The van der Waals surface area contributed by atoms with Crippen LogP contribution < -0.4 is 4.90 Å². The molecule has 0 fully saturated rings. The summed E-state index contributed by atoms with van der Waals surface area (Å²) in [6.07, 6.45) is 0. The molecular formula is C16H13F2NO3. The van der Waals surface area contributed by atoms with Crippen LogP contribution in [0.2, 0.25) is 0 Å². The third-order valence-corrected chi connectivity index (χ3v) is 3.13. The van der Waals surface area contributed by atoms with Crippen molar-refractivity contribution in [3.05, 3.63) is 60.2 Å². The molecule has 0 aliphatic heterocycles. The lowest BCUT2D eigenvalue weighted by atomic mass is 10.1. The number of anilines is 2. The van der Waals surface area contributed by atoms with Gasteiger partial charge in [0, 0.05) is 11.4 Å². The third-order valence-electron chi connectivity index (χ3n) is 3.13. The number of halogens is 2. The Hall–Kier alpha value is -2.76. The molecule has 22 heavy (non-hydrogen) atoms. The van der Waals surface area contributed by atoms with E-state index in [1.807, 2.05) is 0 Å². The maximum absolute atomic E-state index is 13.0. The third kappa shape index (κ3) is 3.28. The Kier molecular flexibility index (Phi) is 4.50. The maximum atomic E-state index is 13.0. The lowest BCUT2D eigenvalue weighted by Gasteiger charge is -2.24. The molecule has 1 atom stereocenters. The molecule has 0 bridgehead atoms. The standard InChI is InChI=1S/C16H13F2NO3/c1-10(16(21)22)15(20)19(13-6-2-11(17)3-7-13)14-8-4-12(18)5-9-14/h2-10H,1H3,(H,21,22). The average Bonchev–Trinajstić information content (AvgIpc) is 2.50. The Balaban J connectivity index is 2.49. The van der Waals surface area contributed by atoms with Crippen LogP contribution in [0.25, 0.3) is 0 Å². The summed E-state index contributed by atoms with van der Waals surface area (Å²) in [5.74, 6) is -4.25. The van der Waals surface area contributed by atoms with Crippen molar-refractivity contribution in [2.75, 3.05) is 4.90 Å². The Morgan fingerprint density at radius 3 is 1.59 bits per heavy atom. The average molecular weight is 305 g/mol. The van der Waals surface area contributed by atoms with Gasteiger partial charge in [-0.2, -0.15) is 0 Å². The van der Waals surface area contributed by atoms with E-state index in [1.165, 1.54) is 31.2 Å². The molecule has 1 amide bonds. The number of aliphatic carboxylic acids is 1. The summed E-state index contributed by atoms with van der Waals surface area (Å²) in [5.41, 5.74) is 0.595. The van der Waals surface area contributed by atoms with Gasteiger partial charge >= 0.3 is 5.97 Å². The molecule has 6 heteroatoms. The first-order chi connectivity index (χ1) is 10.4. The second-order valence-electron chi connectivity index (χ2n) is 4.69. The van der Waals surface area contributed by atoms with Gasteiger partial charge in [0.05, 0.1) is 0 Å². The van der Waals surface area contributed by atoms with Crippen molar-refractivity contribution < 1.29 is 23.5 Å². The van der Waals surface area contributed by atoms with Crippen molar-refractivity contribution >= 4 is 23.3 Å². The molecule has 0 radical (unpaired) electrons. The second kappa shape index (κ2) is 6.34. The topological polar surface area (TPSA) is 57.6 Å². The number of carboxylic acid groups (broad SMARTS) is 1. The number of benzene rings is 2. The fraction of sp³-hybridized carbons (Fsp3) is 0.125. The number of rotatable bonds is 4. The van der Waals surface area contributed by atoms with Gasteiger partial charge in [0.15, 0.2) is 0 Å². The predicted octanol–water partition coefficient (Wildman–Crippen LogP) is 3.35. The lowest BCUT2D eigenvalue weighted by Crippen LogP contribution is -2.35. The van der Waals surface area contributed by atoms with Gasteiger partial charge in [-0.25, -0.2) is 8.78 Å². The quantitative estimate of drug-likeness (QED) is 0.881. The van der Waals surface area contributed by atoms with E-state index in [0.29, 0.717) is 11.4 Å². The summed E-state index contributed by atoms with van der Waals surface area (Å²) < 4.78 is 26.1. The lowest BCUT2D eigenvalue weighted by molar-refractivity contribution is -0.145. The molecule has 4 nitrogen and oxygen atoms in total. The van der Waals surface area contributed by atoms with Crippen LogP contribution in [0.15, 0.2) is 48.5 Å². The molecule has 0 aliphatic rings. The van der Waals surface area contributed by atoms with E-state index in [9.17, 15) is 18.4 Å². The number of carboxylic acids is 1. The summed E-state index contributed by atoms with van der Waals surface area (Å²) in [7, 11) is 0. The minimum atomic E-state index is -1.30. The summed E-state index contributed by atoms with van der Waals surface area (Å²) >= 11 is 0. The summed E-state index contributed by atoms with van der Waals surface area (Å²) in [6.45, 7) is 1.25. The highest BCUT2D eigenvalue weighted by atomic mass is 19.1. The van der Waals surface area contributed by atoms with Crippen molar-refractivity contribution in [3.63, 3.8) is 0 Å². The monoisotopic (exact) mass is 305 g/mol. The highest BCUT2D eigenvalue weighted by Gasteiger charge is 2.28. The highest BCUT2D eigenvalue weighted by molar-refractivity contribution is 6.09. The van der Waals surface area contributed by atoms with Gasteiger partial charge in [-0.15, -0.1) is 0 Å². The molecule has 0 spiro atoms. The van der Waals surface area contributed by atoms with Crippen LogP contribution >= 0.6 is 0 Å². The first kappa shape index (κ1) is 15.6. The number of carbonyl (C=O) groups excluding carboxylic acids is 1. The van der Waals surface area contributed by atoms with Crippen molar-refractivity contribution in [2.45, 2.75) is 6.92 Å². The zero-order valence-electron chi connectivity index (χ0n) is 11.7. The number of hydrogen-bond donors (Lipinski definition) is 1. The highest BCUT2D eigenvalue weighted by Crippen LogP contribution is 2.27. The van der Waals surface area contributed by atoms with Crippen LogP contribution in [0.5, 0.6) is 0 Å². The van der Waals surface area contributed by atoms with Crippen molar-refractivity contribution in [1.82, 2.24) is 0 Å². The predicted molar refractivity (Wildman–Crippen MR) is 76.7 cm³/mol. The molecule has 2 rings (SSSR count). The van der Waals surface area contributed by atoms with Crippen LogP contribution in [0.3, 0.4) is 0 Å². The molecular weight excluding hydrogens is 292 g/mol. The van der Waals surface area contributed by atoms with E-state index in [2.05, 4.69) is 0 Å². The molecule has 2 aromatic carbocycles. The van der Waals surface area contributed by atoms with E-state index in [1.54, 1.807) is 0 Å². The first-order valence-electron chi connectivity index (χ1n) is 6.48. The van der Waals surface area contributed by atoms with Gasteiger partial charge in [-0.3, -0.25) is 14.5 Å². The molecule has 0 saturated carbocycles. The molecule has 2 aromatic rings. The van der Waals surface area contributed by atoms with E-state index >= 15 is 0 Å². The van der Waals surface area contributed by atoms with E-state index < -0.39 is 29.4 Å². The van der Waals surface area contributed by atoms with E-state index in [4.69, 9.17) is 5.11 Å². The van der Waals surface area contributed by atoms with Crippen molar-refractivity contribution in [3.8, 4) is 0 Å². The maximum Gasteiger partial charge on any atom is 0.315 e. The summed E-state index contributed by atoms with van der Waals surface area (Å²) in [5, 5.41) is 9.02. The van der Waals surface area contributed by atoms with Crippen LogP contribution in [-0.2, 0) is 9.59 Å². The zero-order valence-corrected chi connectivity index (χ0v) is 11.7. The van der Waals surface area contributed by atoms with Gasteiger partial charge in [0.25, 0.3) is 0 Å². The normalized spacial score (nSPS) is 11.8. The van der Waals surface area contributed by atoms with Crippen molar-refractivity contribution in [1.29, 1.82) is 0 Å². The second-order valence-corrected chi connectivity index (χ2v) is 4.69. The van der Waals surface area contributed by atoms with E-state index in [0.717, 1.165) is 29.2 Å². The number of amides is 1. The van der Waals surface area contributed by atoms with Crippen LogP contribution in [0, 0.1) is 17.6 Å². The number of nitrogens with zero attached hydrogens (tertiary/aromatic N) is 1. The minimum Gasteiger partial charge on any atom is -0.481 e. The fourth-order valence-electron chi connectivity index (χ4n) is 1.88. The Morgan fingerprint density at radius 1 is 0.909 bits per heavy atom. The zero-order chi connectivity index (χ0) is 16.3. The van der Waals surface area contributed by atoms with Crippen LogP contribution in [-0.4, -0.2) is 17.0 Å². The van der Waals surface area contributed by atoms with Gasteiger partial charge in [-0.05, 0) is 55.5 Å². The van der Waals surface area contributed by atoms with Gasteiger partial charge in [-0.1, -0.05) is 0 Å². The summed E-state index contributed by atoms with van der Waals surface area (Å²) in [6, 6.07) is 10.0. The first-order valence-corrected chi connectivity index (χ1v) is 6.48. The van der Waals surface area contributed by atoms with Crippen LogP contribution in [0.4, 0.5) is 20.2 Å². The largest absolute Gasteiger partial charge is 0.481 e. The molecule has 0 aromatic heterocycles. The fourth-order valence-corrected chi connectivity index (χ4v) is 1.88. The van der Waals surface area contributed by atoms with Crippen LogP contribution in [0.1, 0.15) is 6.92 Å². The number of hydrogen-bond acceptors (Lipinski definition) is 2. The van der Waals surface area contributed by atoms with Crippen molar-refractivity contribution in [2.24, 2.45) is 5.92 Å². The molecule has 1 N–H and O–H groups in total. The SMILES string of the molecule is CC(C(=O)O)C(=O)N(c1ccc(F)cc1)c1ccc(F)cc1. The van der Waals surface area contributed by atoms with Gasteiger partial charge < -0.3 is 5.11 Å². The molecule has 1 unspecified atom stereocenters. The Bertz CT molecular complexity index is 638. The van der Waals surface area contributed by atoms with Gasteiger partial charge in [0.2, 0.25) is 5.91 Å². The Labute approximate surface area is 125 Å².